The van der Waals surface area contributed by atoms with Crippen molar-refractivity contribution in [2.45, 2.75) is 12.8 Å². The molecule has 1 aromatic carbocycles. The van der Waals surface area contributed by atoms with E-state index in [1.807, 2.05) is 24.1 Å². The first-order valence-electron chi connectivity index (χ1n) is 7.84. The molecule has 1 unspecified atom stereocenters. The van der Waals surface area contributed by atoms with E-state index >= 15 is 0 Å². The maximum Gasteiger partial charge on any atom is 0.292 e. The summed E-state index contributed by atoms with van der Waals surface area (Å²) in [5.74, 6) is 0.685. The summed E-state index contributed by atoms with van der Waals surface area (Å²) in [7, 11) is 1.94. The van der Waals surface area contributed by atoms with Crippen molar-refractivity contribution >= 4 is 29.9 Å². The molecule has 1 aromatic heterocycles. The molecule has 24 heavy (non-hydrogen) atoms. The minimum atomic E-state index is -0.0911. The Morgan fingerprint density at radius 3 is 3.04 bits per heavy atom. The normalized spacial score (nSPS) is 17.4. The van der Waals surface area contributed by atoms with Crippen molar-refractivity contribution in [1.29, 1.82) is 0 Å². The van der Waals surface area contributed by atoms with Crippen LogP contribution in [0, 0.1) is 5.92 Å². The molecule has 2 heterocycles. The summed E-state index contributed by atoms with van der Waals surface area (Å²) in [6.45, 7) is 2.45. The van der Waals surface area contributed by atoms with Crippen LogP contribution in [0.2, 0.25) is 5.02 Å². The van der Waals surface area contributed by atoms with Gasteiger partial charge in [0.15, 0.2) is 0 Å². The number of hydrogen-bond donors (Lipinski definition) is 1. The average Bonchev–Trinajstić information content (AvgIpc) is 3.05. The maximum atomic E-state index is 12.6. The number of hydrogen-bond acceptors (Lipinski definition) is 4. The lowest BCUT2D eigenvalue weighted by Crippen LogP contribution is -2.42. The van der Waals surface area contributed by atoms with Gasteiger partial charge in [-0.1, -0.05) is 28.9 Å². The lowest BCUT2D eigenvalue weighted by molar-refractivity contribution is 0.0632. The summed E-state index contributed by atoms with van der Waals surface area (Å²) in [4.78, 5) is 14.5. The molecule has 1 N–H and O–H groups in total. The highest BCUT2D eigenvalue weighted by atomic mass is 35.5. The van der Waals surface area contributed by atoms with Crippen molar-refractivity contribution < 1.29 is 9.32 Å². The molecule has 0 saturated carbocycles. The number of rotatable bonds is 4. The molecule has 1 atom stereocenters. The second-order valence-electron chi connectivity index (χ2n) is 5.90. The van der Waals surface area contributed by atoms with E-state index < -0.39 is 0 Å². The molecule has 0 spiro atoms. The minimum absolute atomic E-state index is 0. The van der Waals surface area contributed by atoms with Crippen molar-refractivity contribution in [3.63, 3.8) is 0 Å². The third-order valence-electron chi connectivity index (χ3n) is 4.14. The Kier molecular flexibility index (Phi) is 6.66. The SMILES string of the molecule is CNCC1CCCN(C(=O)c2cc(-c3cccc(Cl)c3)no2)C1.Cl. The molecule has 0 aliphatic carbocycles. The molecule has 5 nitrogen and oxygen atoms in total. The number of benzene rings is 1. The largest absolute Gasteiger partial charge is 0.350 e. The van der Waals surface area contributed by atoms with Gasteiger partial charge in [-0.05, 0) is 44.5 Å². The summed E-state index contributed by atoms with van der Waals surface area (Å²) >= 11 is 5.99. The number of piperidine rings is 1. The molecule has 3 rings (SSSR count). The van der Waals surface area contributed by atoms with Crippen molar-refractivity contribution in [2.75, 3.05) is 26.7 Å². The van der Waals surface area contributed by atoms with Crippen molar-refractivity contribution in [3.05, 3.63) is 41.1 Å². The van der Waals surface area contributed by atoms with Crippen LogP contribution < -0.4 is 5.32 Å². The van der Waals surface area contributed by atoms with Gasteiger partial charge in [0.2, 0.25) is 5.76 Å². The van der Waals surface area contributed by atoms with E-state index in [9.17, 15) is 4.79 Å². The van der Waals surface area contributed by atoms with Crippen LogP contribution in [-0.2, 0) is 0 Å². The third-order valence-corrected chi connectivity index (χ3v) is 4.38. The van der Waals surface area contributed by atoms with Gasteiger partial charge in [-0.15, -0.1) is 12.4 Å². The molecule has 1 aliphatic rings. The Bertz CT molecular complexity index is 688. The number of nitrogens with zero attached hydrogens (tertiary/aromatic N) is 2. The lowest BCUT2D eigenvalue weighted by atomic mass is 9.98. The van der Waals surface area contributed by atoms with Crippen LogP contribution in [0.4, 0.5) is 0 Å². The summed E-state index contributed by atoms with van der Waals surface area (Å²) < 4.78 is 5.27. The van der Waals surface area contributed by atoms with Crippen LogP contribution >= 0.6 is 24.0 Å². The summed E-state index contributed by atoms with van der Waals surface area (Å²) in [5.41, 5.74) is 1.46. The third kappa shape index (κ3) is 4.29. The van der Waals surface area contributed by atoms with Gasteiger partial charge in [0.05, 0.1) is 0 Å². The van der Waals surface area contributed by atoms with Crippen LogP contribution in [0.25, 0.3) is 11.3 Å². The van der Waals surface area contributed by atoms with Gasteiger partial charge in [-0.2, -0.15) is 0 Å². The van der Waals surface area contributed by atoms with Gasteiger partial charge in [0, 0.05) is 29.7 Å². The topological polar surface area (TPSA) is 58.4 Å². The Hall–Kier alpha value is -1.56. The van der Waals surface area contributed by atoms with Crippen LogP contribution in [-0.4, -0.2) is 42.6 Å². The molecule has 0 radical (unpaired) electrons. The Labute approximate surface area is 152 Å². The van der Waals surface area contributed by atoms with Gasteiger partial charge in [-0.3, -0.25) is 4.79 Å². The fourth-order valence-corrected chi connectivity index (χ4v) is 3.21. The first-order valence-corrected chi connectivity index (χ1v) is 8.21. The molecule has 2 aromatic rings. The smallest absolute Gasteiger partial charge is 0.292 e. The summed E-state index contributed by atoms with van der Waals surface area (Å²) in [6.07, 6.45) is 2.17. The molecular formula is C17H21Cl2N3O2. The number of aromatic nitrogens is 1. The Morgan fingerprint density at radius 2 is 2.29 bits per heavy atom. The monoisotopic (exact) mass is 369 g/mol. The second-order valence-corrected chi connectivity index (χ2v) is 6.34. The van der Waals surface area contributed by atoms with Gasteiger partial charge in [-0.25, -0.2) is 0 Å². The van der Waals surface area contributed by atoms with E-state index in [0.717, 1.165) is 38.0 Å². The molecular weight excluding hydrogens is 349 g/mol. The zero-order chi connectivity index (χ0) is 16.2. The van der Waals surface area contributed by atoms with E-state index in [1.165, 1.54) is 0 Å². The molecule has 130 valence electrons. The standard InChI is InChI=1S/C17H20ClN3O2.ClH/c1-19-10-12-4-3-7-21(11-12)17(22)16-9-15(20-23-16)13-5-2-6-14(18)8-13;/h2,5-6,8-9,12,19H,3-4,7,10-11H2,1H3;1H. The molecule has 0 bridgehead atoms. The van der Waals surface area contributed by atoms with Crippen molar-refractivity contribution in [2.24, 2.45) is 5.92 Å². The number of carbonyl (C=O) groups is 1. The fourth-order valence-electron chi connectivity index (χ4n) is 3.02. The average molecular weight is 370 g/mol. The number of nitrogens with one attached hydrogen (secondary N) is 1. The second kappa shape index (κ2) is 8.51. The van der Waals surface area contributed by atoms with Crippen molar-refractivity contribution in [3.8, 4) is 11.3 Å². The molecule has 1 amide bonds. The van der Waals surface area contributed by atoms with Gasteiger partial charge in [0.1, 0.15) is 5.69 Å². The quantitative estimate of drug-likeness (QED) is 0.895. The first-order chi connectivity index (χ1) is 11.2. The fraction of sp³-hybridized carbons (Fsp3) is 0.412. The Balaban J connectivity index is 0.00000208. The van der Waals surface area contributed by atoms with E-state index in [2.05, 4.69) is 10.5 Å². The van der Waals surface area contributed by atoms with E-state index in [0.29, 0.717) is 16.6 Å². The molecule has 1 aliphatic heterocycles. The zero-order valence-electron chi connectivity index (χ0n) is 13.5. The van der Waals surface area contributed by atoms with E-state index in [4.69, 9.17) is 16.1 Å². The van der Waals surface area contributed by atoms with E-state index in [-0.39, 0.29) is 24.1 Å². The van der Waals surface area contributed by atoms with Crippen molar-refractivity contribution in [1.82, 2.24) is 15.4 Å². The van der Waals surface area contributed by atoms with Gasteiger partial charge < -0.3 is 14.7 Å². The highest BCUT2D eigenvalue weighted by Gasteiger charge is 2.26. The van der Waals surface area contributed by atoms with Crippen LogP contribution in [0.5, 0.6) is 0 Å². The summed E-state index contributed by atoms with van der Waals surface area (Å²) in [5, 5.41) is 7.82. The van der Waals surface area contributed by atoms with Crippen LogP contribution in [0.3, 0.4) is 0 Å². The molecule has 7 heteroatoms. The van der Waals surface area contributed by atoms with Gasteiger partial charge >= 0.3 is 0 Å². The number of amides is 1. The maximum absolute atomic E-state index is 12.6. The molecule has 1 fully saturated rings. The van der Waals surface area contributed by atoms with Crippen LogP contribution in [0.15, 0.2) is 34.9 Å². The highest BCUT2D eigenvalue weighted by molar-refractivity contribution is 6.30. The highest BCUT2D eigenvalue weighted by Crippen LogP contribution is 2.24. The van der Waals surface area contributed by atoms with E-state index in [1.54, 1.807) is 18.2 Å². The molecule has 1 saturated heterocycles. The lowest BCUT2D eigenvalue weighted by Gasteiger charge is -2.31. The number of likely N-dealkylation sites (tertiary alicyclic amines) is 1. The zero-order valence-corrected chi connectivity index (χ0v) is 15.1. The predicted octanol–water partition coefficient (Wildman–Crippen LogP) is 3.49. The first kappa shape index (κ1) is 18.8. The van der Waals surface area contributed by atoms with Gasteiger partial charge in [0.25, 0.3) is 5.91 Å². The minimum Gasteiger partial charge on any atom is -0.350 e. The predicted molar refractivity (Wildman–Crippen MR) is 96.8 cm³/mol. The summed E-state index contributed by atoms with van der Waals surface area (Å²) in [6, 6.07) is 9.03. The number of halogens is 2. The number of carbonyl (C=O) groups excluding carboxylic acids is 1. The van der Waals surface area contributed by atoms with Crippen LogP contribution in [0.1, 0.15) is 23.4 Å². The Morgan fingerprint density at radius 1 is 1.46 bits per heavy atom.